The third kappa shape index (κ3) is 9.95. The summed E-state index contributed by atoms with van der Waals surface area (Å²) in [5, 5.41) is 0. The fourth-order valence-corrected chi connectivity index (χ4v) is 7.10. The molecule has 0 aliphatic carbocycles. The van der Waals surface area contributed by atoms with Crippen LogP contribution in [0.5, 0.6) is 5.88 Å². The molecular weight excluding hydrogens is 572 g/mol. The molecule has 0 atom stereocenters. The molecule has 3 rings (SSSR count). The number of unbranched alkanes of at least 4 members (excludes halogenated alkanes) is 10. The zero-order valence-corrected chi connectivity index (χ0v) is 30.2. The van der Waals surface area contributed by atoms with Gasteiger partial charge in [-0.3, -0.25) is 9.59 Å². The van der Waals surface area contributed by atoms with E-state index in [0.717, 1.165) is 68.1 Å². The molecule has 0 radical (unpaired) electrons. The molecule has 258 valence electrons. The number of carbonyl (C=O) groups is 1. The number of nitrogens with zero attached hydrogens (tertiary/aromatic N) is 2. The summed E-state index contributed by atoms with van der Waals surface area (Å²) in [5.74, 6) is 0.193. The van der Waals surface area contributed by atoms with Gasteiger partial charge in [-0.2, -0.15) is 0 Å². The predicted octanol–water partition coefficient (Wildman–Crippen LogP) is 10.1. The Labute approximate surface area is 279 Å². The van der Waals surface area contributed by atoms with Crippen LogP contribution in [0.25, 0.3) is 11.1 Å². The molecule has 2 aromatic rings. The van der Waals surface area contributed by atoms with Crippen molar-refractivity contribution in [2.24, 2.45) is 5.41 Å². The second-order valence-corrected chi connectivity index (χ2v) is 13.4. The fraction of sp³-hybridized carbons (Fsp3) is 0.700. The second-order valence-electron chi connectivity index (χ2n) is 13.4. The molecule has 0 saturated heterocycles. The van der Waals surface area contributed by atoms with Crippen LogP contribution in [-0.4, -0.2) is 28.5 Å². The van der Waals surface area contributed by atoms with Gasteiger partial charge in [-0.15, -0.1) is 0 Å². The summed E-state index contributed by atoms with van der Waals surface area (Å²) in [6.45, 7) is 14.7. The van der Waals surface area contributed by atoms with Crippen LogP contribution in [0.15, 0.2) is 29.1 Å². The van der Waals surface area contributed by atoms with Crippen LogP contribution >= 0.6 is 0 Å². The van der Waals surface area contributed by atoms with Crippen LogP contribution in [0.4, 0.5) is 0 Å². The molecule has 1 aliphatic rings. The number of carbonyl (C=O) groups excluding carboxylic acids is 1. The molecule has 0 N–H and O–H groups in total. The highest BCUT2D eigenvalue weighted by Crippen LogP contribution is 2.39. The van der Waals surface area contributed by atoms with Gasteiger partial charge < -0.3 is 9.47 Å². The second kappa shape index (κ2) is 19.9. The molecule has 46 heavy (non-hydrogen) atoms. The molecule has 6 nitrogen and oxygen atoms in total. The van der Waals surface area contributed by atoms with Crippen LogP contribution < -0.4 is 10.3 Å². The summed E-state index contributed by atoms with van der Waals surface area (Å²) in [5.41, 5.74) is 4.25. The molecular formula is C40H64N2O4. The number of rotatable bonds is 21. The van der Waals surface area contributed by atoms with Crippen molar-refractivity contribution in [3.63, 3.8) is 0 Å². The first-order valence-corrected chi connectivity index (χ1v) is 18.8. The molecule has 0 fully saturated rings. The van der Waals surface area contributed by atoms with Gasteiger partial charge in [0, 0.05) is 0 Å². The number of aryl methyl sites for hydroxylation is 3. The first-order valence-electron chi connectivity index (χ1n) is 18.8. The van der Waals surface area contributed by atoms with Gasteiger partial charge in [0.15, 0.2) is 0 Å². The van der Waals surface area contributed by atoms with Gasteiger partial charge in [0.25, 0.3) is 5.56 Å². The van der Waals surface area contributed by atoms with Crippen LogP contribution in [0, 0.1) is 12.3 Å². The number of benzene rings is 1. The van der Waals surface area contributed by atoms with Gasteiger partial charge in [-0.05, 0) is 81.4 Å². The van der Waals surface area contributed by atoms with E-state index in [0.29, 0.717) is 37.7 Å². The third-order valence-electron chi connectivity index (χ3n) is 10.2. The highest BCUT2D eigenvalue weighted by Gasteiger charge is 2.38. The quantitative estimate of drug-likeness (QED) is 0.0777. The Morgan fingerprint density at radius 2 is 1.33 bits per heavy atom. The Morgan fingerprint density at radius 1 is 0.783 bits per heavy atom. The number of allylic oxidation sites excluding steroid dienone is 2. The number of fused-ring (bicyclic) bond motifs is 1. The predicted molar refractivity (Wildman–Crippen MR) is 192 cm³/mol. The summed E-state index contributed by atoms with van der Waals surface area (Å²) < 4.78 is 15.8. The molecule has 0 unspecified atom stereocenters. The number of aromatic nitrogens is 2. The normalized spacial score (nSPS) is 13.7. The number of esters is 1. The Kier molecular flexibility index (Phi) is 16.4. The van der Waals surface area contributed by atoms with Gasteiger partial charge in [-0.25, -0.2) is 9.36 Å². The van der Waals surface area contributed by atoms with Crippen molar-refractivity contribution < 1.29 is 14.3 Å². The smallest absolute Gasteiger partial charge is 0.318 e. The molecule has 1 aliphatic heterocycles. The molecule has 0 bridgehead atoms. The Bertz CT molecular complexity index is 1270. The zero-order valence-electron chi connectivity index (χ0n) is 30.2. The van der Waals surface area contributed by atoms with E-state index < -0.39 is 5.41 Å². The number of ether oxygens (including phenoxy) is 2. The van der Waals surface area contributed by atoms with E-state index in [9.17, 15) is 9.59 Å². The SMILES string of the molecule is CCCCCCCC/C=C\CCCCCCC(CC)(CC)C(=O)Oc1c(-c2c(CC)cc(C)cc2CC)c(=O)n2n1CCOCC2. The van der Waals surface area contributed by atoms with Crippen molar-refractivity contribution in [2.45, 2.75) is 164 Å². The molecule has 1 aromatic heterocycles. The number of hydrogen-bond donors (Lipinski definition) is 0. The van der Waals surface area contributed by atoms with E-state index in [1.807, 2.05) is 4.68 Å². The van der Waals surface area contributed by atoms with Crippen molar-refractivity contribution in [3.05, 3.63) is 51.3 Å². The fourth-order valence-electron chi connectivity index (χ4n) is 7.10. The maximum atomic E-state index is 14.2. The Hall–Kier alpha value is -2.60. The lowest BCUT2D eigenvalue weighted by atomic mass is 9.77. The monoisotopic (exact) mass is 636 g/mol. The first-order chi connectivity index (χ1) is 22.4. The maximum absolute atomic E-state index is 14.2. The lowest BCUT2D eigenvalue weighted by molar-refractivity contribution is -0.147. The topological polar surface area (TPSA) is 62.5 Å². The minimum Gasteiger partial charge on any atom is -0.407 e. The van der Waals surface area contributed by atoms with E-state index in [4.69, 9.17) is 9.47 Å². The summed E-state index contributed by atoms with van der Waals surface area (Å²) in [6.07, 6.45) is 23.5. The average Bonchev–Trinajstić information content (AvgIpc) is 3.20. The standard InChI is InChI=1S/C40H64N2O4/c1-7-12-13-14-15-16-17-18-19-20-21-22-23-24-25-40(10-4,11-5)39(44)46-38-36(37(43)41-26-28-45-29-27-42(38)41)35-33(8-2)30-32(6)31-34(35)9-3/h18-19,30-31H,7-17,20-29H2,1-6H3/b19-18-. The largest absolute Gasteiger partial charge is 0.407 e. The van der Waals surface area contributed by atoms with Gasteiger partial charge in [0.05, 0.1) is 31.7 Å². The average molecular weight is 637 g/mol. The van der Waals surface area contributed by atoms with Gasteiger partial charge in [0.2, 0.25) is 5.88 Å². The molecule has 1 aromatic carbocycles. The maximum Gasteiger partial charge on any atom is 0.318 e. The van der Waals surface area contributed by atoms with Crippen molar-refractivity contribution in [2.75, 3.05) is 13.2 Å². The van der Waals surface area contributed by atoms with Gasteiger partial charge in [0.1, 0.15) is 5.56 Å². The van der Waals surface area contributed by atoms with Crippen LogP contribution in [0.3, 0.4) is 0 Å². The van der Waals surface area contributed by atoms with Crippen LogP contribution in [0.2, 0.25) is 0 Å². The highest BCUT2D eigenvalue weighted by molar-refractivity contribution is 5.83. The first kappa shape index (κ1) is 37.9. The van der Waals surface area contributed by atoms with E-state index in [1.165, 1.54) is 63.4 Å². The van der Waals surface area contributed by atoms with E-state index in [2.05, 4.69) is 65.8 Å². The van der Waals surface area contributed by atoms with Crippen molar-refractivity contribution in [1.82, 2.24) is 9.36 Å². The summed E-state index contributed by atoms with van der Waals surface area (Å²) in [4.78, 5) is 28.3. The Morgan fingerprint density at radius 3 is 1.89 bits per heavy atom. The lowest BCUT2D eigenvalue weighted by Gasteiger charge is -2.29. The zero-order chi connectivity index (χ0) is 33.4. The molecule has 0 amide bonds. The van der Waals surface area contributed by atoms with Crippen molar-refractivity contribution >= 4 is 5.97 Å². The van der Waals surface area contributed by atoms with Crippen molar-refractivity contribution in [1.29, 1.82) is 0 Å². The van der Waals surface area contributed by atoms with E-state index in [1.54, 1.807) is 4.68 Å². The van der Waals surface area contributed by atoms with Gasteiger partial charge in [-0.1, -0.05) is 116 Å². The van der Waals surface area contributed by atoms with Crippen LogP contribution in [-0.2, 0) is 35.5 Å². The third-order valence-corrected chi connectivity index (χ3v) is 10.2. The lowest BCUT2D eigenvalue weighted by Crippen LogP contribution is -2.35. The van der Waals surface area contributed by atoms with E-state index in [-0.39, 0.29) is 11.5 Å². The highest BCUT2D eigenvalue weighted by atomic mass is 16.5. The summed E-state index contributed by atoms with van der Waals surface area (Å²) in [7, 11) is 0. The Balaban J connectivity index is 1.70. The van der Waals surface area contributed by atoms with E-state index >= 15 is 0 Å². The molecule has 6 heteroatoms. The molecule has 0 spiro atoms. The van der Waals surface area contributed by atoms with Gasteiger partial charge >= 0.3 is 5.97 Å². The summed E-state index contributed by atoms with van der Waals surface area (Å²) in [6, 6.07) is 4.34. The molecule has 0 saturated carbocycles. The minimum atomic E-state index is -0.567. The van der Waals surface area contributed by atoms with Crippen molar-refractivity contribution in [3.8, 4) is 17.0 Å². The number of hydrogen-bond acceptors (Lipinski definition) is 4. The summed E-state index contributed by atoms with van der Waals surface area (Å²) >= 11 is 0. The van der Waals surface area contributed by atoms with Crippen LogP contribution in [0.1, 0.15) is 148 Å². The minimum absolute atomic E-state index is 0.0961. The molecule has 2 heterocycles.